The van der Waals surface area contributed by atoms with Gasteiger partial charge in [0.1, 0.15) is 5.82 Å². The number of nitrogens with one attached hydrogen (secondary N) is 1. The van der Waals surface area contributed by atoms with Crippen molar-refractivity contribution in [3.05, 3.63) is 11.8 Å². The largest absolute Gasteiger partial charge is 0.410 e. The van der Waals surface area contributed by atoms with E-state index in [0.717, 1.165) is 21.8 Å². The van der Waals surface area contributed by atoms with Gasteiger partial charge in [0.2, 0.25) is 0 Å². The van der Waals surface area contributed by atoms with E-state index in [1.165, 1.54) is 18.4 Å². The Hall–Kier alpha value is -1.33. The first kappa shape index (κ1) is 20.4. The van der Waals surface area contributed by atoms with Gasteiger partial charge in [-0.25, -0.2) is 4.68 Å². The summed E-state index contributed by atoms with van der Waals surface area (Å²) in [5, 5.41) is 7.33. The Kier molecular flexibility index (Phi) is 5.48. The third kappa shape index (κ3) is 3.81. The lowest BCUT2D eigenvalue weighted by Crippen LogP contribution is -2.44. The molecule has 1 N–H and O–H groups in total. The van der Waals surface area contributed by atoms with E-state index in [2.05, 4.69) is 10.4 Å². The Bertz CT molecular complexity index is 778. The SMILES string of the molecule is CC[C@@H]1C[C@H](C(F)(F)F)n2nc([C@@H]3CCCCN3S(=O)(=O)N(C)C)cc2N1. The molecule has 11 heteroatoms. The van der Waals surface area contributed by atoms with Crippen LogP contribution in [0.4, 0.5) is 19.0 Å². The summed E-state index contributed by atoms with van der Waals surface area (Å²) in [6.07, 6.45) is -1.86. The van der Waals surface area contributed by atoms with Gasteiger partial charge in [0, 0.05) is 32.7 Å². The number of piperidine rings is 1. The Balaban J connectivity index is 2.00. The summed E-state index contributed by atoms with van der Waals surface area (Å²) < 4.78 is 69.4. The standard InChI is InChI=1S/C16H26F3N5O2S/c1-4-11-9-14(16(17,18)19)24-15(20-11)10-12(21-24)13-7-5-6-8-23(13)27(25,26)22(2)3/h10-11,13-14,20H,4-9H2,1-3H3/t11-,13+,14-/m1/s1. The van der Waals surface area contributed by atoms with Crippen molar-refractivity contribution in [2.75, 3.05) is 26.0 Å². The molecular formula is C16H26F3N5O2S. The first-order valence-corrected chi connectivity index (χ1v) is 10.6. The molecule has 7 nitrogen and oxygen atoms in total. The molecule has 3 rings (SSSR count). The number of hydrogen-bond acceptors (Lipinski definition) is 4. The summed E-state index contributed by atoms with van der Waals surface area (Å²) in [6.45, 7) is 2.17. The molecule has 0 aromatic carbocycles. The van der Waals surface area contributed by atoms with E-state index in [1.807, 2.05) is 6.92 Å². The molecule has 3 atom stereocenters. The van der Waals surface area contributed by atoms with Crippen molar-refractivity contribution in [1.29, 1.82) is 0 Å². The van der Waals surface area contributed by atoms with Crippen LogP contribution in [0.15, 0.2) is 6.07 Å². The first-order chi connectivity index (χ1) is 12.6. The number of nitrogens with zero attached hydrogens (tertiary/aromatic N) is 4. The lowest BCUT2D eigenvalue weighted by molar-refractivity contribution is -0.173. The van der Waals surface area contributed by atoms with Crippen LogP contribution in [0, 0.1) is 0 Å². The maximum atomic E-state index is 13.6. The fourth-order valence-corrected chi connectivity index (χ4v) is 5.10. The van der Waals surface area contributed by atoms with Crippen LogP contribution in [0.3, 0.4) is 0 Å². The van der Waals surface area contributed by atoms with Crippen molar-refractivity contribution in [3.8, 4) is 0 Å². The molecule has 2 aliphatic rings. The fraction of sp³-hybridized carbons (Fsp3) is 0.812. The van der Waals surface area contributed by atoms with Crippen LogP contribution in [-0.2, 0) is 10.2 Å². The van der Waals surface area contributed by atoms with Gasteiger partial charge in [-0.1, -0.05) is 13.3 Å². The second-order valence-electron chi connectivity index (χ2n) is 7.35. The number of rotatable bonds is 4. The van der Waals surface area contributed by atoms with Gasteiger partial charge in [0.15, 0.2) is 6.04 Å². The lowest BCUT2D eigenvalue weighted by atomic mass is 10.0. The van der Waals surface area contributed by atoms with Crippen molar-refractivity contribution in [2.45, 2.75) is 63.3 Å². The summed E-state index contributed by atoms with van der Waals surface area (Å²) >= 11 is 0. The highest BCUT2D eigenvalue weighted by Crippen LogP contribution is 2.42. The van der Waals surface area contributed by atoms with E-state index in [4.69, 9.17) is 0 Å². The van der Waals surface area contributed by atoms with Crippen molar-refractivity contribution in [3.63, 3.8) is 0 Å². The molecule has 1 saturated heterocycles. The molecule has 0 bridgehead atoms. The third-order valence-electron chi connectivity index (χ3n) is 5.33. The molecule has 0 radical (unpaired) electrons. The van der Waals surface area contributed by atoms with Crippen LogP contribution < -0.4 is 5.32 Å². The van der Waals surface area contributed by atoms with E-state index in [9.17, 15) is 21.6 Å². The Morgan fingerprint density at radius 3 is 2.63 bits per heavy atom. The number of aromatic nitrogens is 2. The zero-order valence-corrected chi connectivity index (χ0v) is 16.5. The second-order valence-corrected chi connectivity index (χ2v) is 9.45. The van der Waals surface area contributed by atoms with Gasteiger partial charge in [0.25, 0.3) is 10.2 Å². The summed E-state index contributed by atoms with van der Waals surface area (Å²) in [5.41, 5.74) is 0.369. The quantitative estimate of drug-likeness (QED) is 0.830. The van der Waals surface area contributed by atoms with Crippen LogP contribution in [0.2, 0.25) is 0 Å². The molecule has 1 aromatic heterocycles. The van der Waals surface area contributed by atoms with Crippen molar-refractivity contribution >= 4 is 16.0 Å². The van der Waals surface area contributed by atoms with Gasteiger partial charge < -0.3 is 5.32 Å². The third-order valence-corrected chi connectivity index (χ3v) is 7.29. The molecular weight excluding hydrogens is 383 g/mol. The Morgan fingerprint density at radius 1 is 1.33 bits per heavy atom. The number of anilines is 1. The van der Waals surface area contributed by atoms with Gasteiger partial charge in [-0.05, 0) is 25.7 Å². The minimum atomic E-state index is -4.41. The van der Waals surface area contributed by atoms with E-state index in [1.54, 1.807) is 6.07 Å². The fourth-order valence-electron chi connectivity index (χ4n) is 3.79. The van der Waals surface area contributed by atoms with Crippen LogP contribution >= 0.6 is 0 Å². The summed E-state index contributed by atoms with van der Waals surface area (Å²) in [7, 11) is -0.780. The summed E-state index contributed by atoms with van der Waals surface area (Å²) in [6, 6.07) is -0.967. The number of halogens is 3. The topological polar surface area (TPSA) is 70.5 Å². The van der Waals surface area contributed by atoms with Gasteiger partial charge in [-0.3, -0.25) is 0 Å². The first-order valence-electron chi connectivity index (χ1n) is 9.17. The van der Waals surface area contributed by atoms with Gasteiger partial charge in [0.05, 0.1) is 11.7 Å². The zero-order valence-electron chi connectivity index (χ0n) is 15.7. The maximum absolute atomic E-state index is 13.6. The predicted molar refractivity (Wildman–Crippen MR) is 95.5 cm³/mol. The monoisotopic (exact) mass is 409 g/mol. The van der Waals surface area contributed by atoms with E-state index in [0.29, 0.717) is 30.9 Å². The highest BCUT2D eigenvalue weighted by Gasteiger charge is 2.47. The van der Waals surface area contributed by atoms with Crippen LogP contribution in [0.25, 0.3) is 0 Å². The molecule has 2 aliphatic heterocycles. The van der Waals surface area contributed by atoms with Crippen LogP contribution in [-0.4, -0.2) is 59.7 Å². The second kappa shape index (κ2) is 7.25. The molecule has 1 fully saturated rings. The van der Waals surface area contributed by atoms with Crippen molar-refractivity contribution < 1.29 is 21.6 Å². The normalized spacial score (nSPS) is 27.4. The molecule has 0 aliphatic carbocycles. The van der Waals surface area contributed by atoms with Crippen LogP contribution in [0.1, 0.15) is 56.8 Å². The van der Waals surface area contributed by atoms with Crippen molar-refractivity contribution in [1.82, 2.24) is 18.4 Å². The number of fused-ring (bicyclic) bond motifs is 1. The summed E-state index contributed by atoms with van der Waals surface area (Å²) in [4.78, 5) is 0. The Labute approximate surface area is 157 Å². The molecule has 0 amide bonds. The molecule has 0 unspecified atom stereocenters. The van der Waals surface area contributed by atoms with Crippen molar-refractivity contribution in [2.24, 2.45) is 0 Å². The average Bonchev–Trinajstić information content (AvgIpc) is 3.03. The van der Waals surface area contributed by atoms with E-state index < -0.39 is 28.5 Å². The highest BCUT2D eigenvalue weighted by molar-refractivity contribution is 7.86. The van der Waals surface area contributed by atoms with Gasteiger partial charge >= 0.3 is 6.18 Å². The highest BCUT2D eigenvalue weighted by atomic mass is 32.2. The molecule has 0 spiro atoms. The van der Waals surface area contributed by atoms with E-state index >= 15 is 0 Å². The molecule has 3 heterocycles. The maximum Gasteiger partial charge on any atom is 0.410 e. The minimum Gasteiger partial charge on any atom is -0.367 e. The van der Waals surface area contributed by atoms with Gasteiger partial charge in [-0.15, -0.1) is 0 Å². The minimum absolute atomic E-state index is 0.0848. The Morgan fingerprint density at radius 2 is 2.04 bits per heavy atom. The predicted octanol–water partition coefficient (Wildman–Crippen LogP) is 2.91. The number of hydrogen-bond donors (Lipinski definition) is 1. The molecule has 27 heavy (non-hydrogen) atoms. The average molecular weight is 409 g/mol. The lowest BCUT2D eigenvalue weighted by Gasteiger charge is -2.35. The van der Waals surface area contributed by atoms with Gasteiger partial charge in [-0.2, -0.15) is 35.3 Å². The molecule has 154 valence electrons. The van der Waals surface area contributed by atoms with E-state index in [-0.39, 0.29) is 12.5 Å². The molecule has 0 saturated carbocycles. The number of alkyl halides is 3. The van der Waals surface area contributed by atoms with Crippen LogP contribution in [0.5, 0.6) is 0 Å². The zero-order chi connectivity index (χ0) is 20.0. The molecule has 1 aromatic rings. The smallest absolute Gasteiger partial charge is 0.367 e. The summed E-state index contributed by atoms with van der Waals surface area (Å²) in [5.74, 6) is 0.304.